The molecule has 0 aliphatic heterocycles. The smallest absolute Gasteiger partial charge is 0.274 e. The summed E-state index contributed by atoms with van der Waals surface area (Å²) in [6.45, 7) is 1.47. The van der Waals surface area contributed by atoms with E-state index in [1.807, 2.05) is 6.07 Å². The van der Waals surface area contributed by atoms with Crippen LogP contribution in [0.3, 0.4) is 0 Å². The summed E-state index contributed by atoms with van der Waals surface area (Å²) in [6, 6.07) is 4.77. The summed E-state index contributed by atoms with van der Waals surface area (Å²) < 4.78 is 4.97. The van der Waals surface area contributed by atoms with Crippen molar-refractivity contribution < 1.29 is 9.66 Å². The third-order valence-corrected chi connectivity index (χ3v) is 2.32. The van der Waals surface area contributed by atoms with Gasteiger partial charge in [-0.05, 0) is 0 Å². The van der Waals surface area contributed by atoms with Crippen LogP contribution in [0.5, 0.6) is 0 Å². The molecule has 0 atom stereocenters. The predicted octanol–water partition coefficient (Wildman–Crippen LogP) is 1.36. The average molecular weight is 250 g/mol. The predicted molar refractivity (Wildman–Crippen MR) is 65.2 cm³/mol. The molecule has 0 radical (unpaired) electrons. The van der Waals surface area contributed by atoms with Crippen LogP contribution in [0.25, 0.3) is 0 Å². The lowest BCUT2D eigenvalue weighted by Crippen LogP contribution is -2.29. The molecule has 0 N–H and O–H groups in total. The van der Waals surface area contributed by atoms with E-state index in [1.165, 1.54) is 18.3 Å². The van der Waals surface area contributed by atoms with Crippen LogP contribution in [0.15, 0.2) is 18.3 Å². The Balaban J connectivity index is 2.86. The number of ether oxygens (including phenoxy) is 1. The van der Waals surface area contributed by atoms with E-state index in [2.05, 4.69) is 4.98 Å². The maximum atomic E-state index is 10.7. The minimum absolute atomic E-state index is 0.0145. The Bertz CT molecular complexity index is 444. The molecular weight excluding hydrogens is 236 g/mol. The van der Waals surface area contributed by atoms with Crippen molar-refractivity contribution in [2.45, 2.75) is 6.42 Å². The highest BCUT2D eigenvalue weighted by atomic mass is 16.6. The van der Waals surface area contributed by atoms with Crippen LogP contribution in [-0.4, -0.2) is 36.7 Å². The molecule has 7 heteroatoms. The summed E-state index contributed by atoms with van der Waals surface area (Å²) in [4.78, 5) is 16.1. The molecule has 7 nitrogen and oxygen atoms in total. The first-order valence-corrected chi connectivity index (χ1v) is 5.40. The van der Waals surface area contributed by atoms with Crippen molar-refractivity contribution in [3.05, 3.63) is 28.4 Å². The van der Waals surface area contributed by atoms with Gasteiger partial charge in [0.1, 0.15) is 5.82 Å². The van der Waals surface area contributed by atoms with Crippen LogP contribution in [0.1, 0.15) is 6.42 Å². The Kier molecular flexibility index (Phi) is 5.54. The maximum Gasteiger partial charge on any atom is 0.274 e. The number of rotatable bonds is 7. The molecule has 0 aromatic carbocycles. The molecule has 0 saturated carbocycles. The molecule has 96 valence electrons. The normalized spacial score (nSPS) is 9.78. The Hall–Kier alpha value is -2.20. The van der Waals surface area contributed by atoms with E-state index in [9.17, 15) is 10.1 Å². The molecule has 18 heavy (non-hydrogen) atoms. The quantitative estimate of drug-likeness (QED) is 0.535. The van der Waals surface area contributed by atoms with E-state index in [1.54, 1.807) is 12.0 Å². The van der Waals surface area contributed by atoms with Crippen molar-refractivity contribution in [1.82, 2.24) is 4.98 Å². The number of nitrogens with zero attached hydrogens (tertiary/aromatic N) is 4. The average Bonchev–Trinajstić information content (AvgIpc) is 2.39. The molecular formula is C11H14N4O3. The van der Waals surface area contributed by atoms with Gasteiger partial charge in [-0.15, -0.1) is 0 Å². The van der Waals surface area contributed by atoms with Gasteiger partial charge in [-0.25, -0.2) is 4.98 Å². The molecule has 1 rings (SSSR count). The Labute approximate surface area is 105 Å². The molecule has 0 amide bonds. The summed E-state index contributed by atoms with van der Waals surface area (Å²) in [5, 5.41) is 19.3. The summed E-state index contributed by atoms with van der Waals surface area (Å²) in [5.41, 5.74) is -0.0145. The number of pyridine rings is 1. The highest BCUT2D eigenvalue weighted by Gasteiger charge is 2.12. The van der Waals surface area contributed by atoms with Crippen LogP contribution in [0.4, 0.5) is 11.5 Å². The van der Waals surface area contributed by atoms with Crippen molar-refractivity contribution in [3.8, 4) is 6.07 Å². The van der Waals surface area contributed by atoms with E-state index >= 15 is 0 Å². The topological polar surface area (TPSA) is 92.3 Å². The standard InChI is InChI=1S/C11H14N4O3/c1-18-8-7-14(6-2-4-12)11-9-10(15(16)17)3-5-13-11/h3,5,9H,2,6-8H2,1H3. The van der Waals surface area contributed by atoms with Crippen LogP contribution in [-0.2, 0) is 4.74 Å². The van der Waals surface area contributed by atoms with Crippen molar-refractivity contribution >= 4 is 11.5 Å². The number of aromatic nitrogens is 1. The molecule has 0 spiro atoms. The third kappa shape index (κ3) is 3.99. The fourth-order valence-corrected chi connectivity index (χ4v) is 1.42. The first-order valence-electron chi connectivity index (χ1n) is 5.40. The summed E-state index contributed by atoms with van der Waals surface area (Å²) >= 11 is 0. The van der Waals surface area contributed by atoms with E-state index in [-0.39, 0.29) is 5.69 Å². The monoisotopic (exact) mass is 250 g/mol. The van der Waals surface area contributed by atoms with E-state index < -0.39 is 4.92 Å². The van der Waals surface area contributed by atoms with Gasteiger partial charge in [-0.3, -0.25) is 10.1 Å². The highest BCUT2D eigenvalue weighted by Crippen LogP contribution is 2.18. The van der Waals surface area contributed by atoms with Gasteiger partial charge in [0, 0.05) is 32.5 Å². The van der Waals surface area contributed by atoms with E-state index in [4.69, 9.17) is 10.00 Å². The molecule has 0 aliphatic rings. The largest absolute Gasteiger partial charge is 0.383 e. The second-order valence-corrected chi connectivity index (χ2v) is 3.52. The van der Waals surface area contributed by atoms with Gasteiger partial charge >= 0.3 is 0 Å². The number of hydrogen-bond donors (Lipinski definition) is 0. The van der Waals surface area contributed by atoms with Gasteiger partial charge in [0.25, 0.3) is 5.69 Å². The Morgan fingerprint density at radius 2 is 2.39 bits per heavy atom. The number of nitriles is 1. The fourth-order valence-electron chi connectivity index (χ4n) is 1.42. The van der Waals surface area contributed by atoms with Gasteiger partial charge < -0.3 is 9.64 Å². The molecule has 0 bridgehead atoms. The van der Waals surface area contributed by atoms with Gasteiger partial charge in [0.2, 0.25) is 0 Å². The molecule has 1 aromatic heterocycles. The Morgan fingerprint density at radius 1 is 1.61 bits per heavy atom. The summed E-state index contributed by atoms with van der Waals surface area (Å²) in [6.07, 6.45) is 1.72. The minimum Gasteiger partial charge on any atom is -0.383 e. The van der Waals surface area contributed by atoms with Crippen molar-refractivity contribution in [3.63, 3.8) is 0 Å². The maximum absolute atomic E-state index is 10.7. The van der Waals surface area contributed by atoms with Crippen LogP contribution in [0.2, 0.25) is 0 Å². The van der Waals surface area contributed by atoms with Gasteiger partial charge in [-0.2, -0.15) is 5.26 Å². The lowest BCUT2D eigenvalue weighted by Gasteiger charge is -2.21. The zero-order valence-electron chi connectivity index (χ0n) is 10.1. The SMILES string of the molecule is COCCN(CCC#N)c1cc([N+](=O)[O-])ccn1. The van der Waals surface area contributed by atoms with Crippen LogP contribution < -0.4 is 4.90 Å². The van der Waals surface area contributed by atoms with Gasteiger partial charge in [0.15, 0.2) is 0 Å². The molecule has 0 fully saturated rings. The van der Waals surface area contributed by atoms with Crippen LogP contribution in [0, 0.1) is 21.4 Å². The first kappa shape index (κ1) is 13.9. The fraction of sp³-hybridized carbons (Fsp3) is 0.455. The molecule has 0 saturated heterocycles. The first-order chi connectivity index (χ1) is 8.69. The zero-order chi connectivity index (χ0) is 13.4. The Morgan fingerprint density at radius 3 is 3.00 bits per heavy atom. The lowest BCUT2D eigenvalue weighted by atomic mass is 10.3. The molecule has 1 aromatic rings. The van der Waals surface area contributed by atoms with Gasteiger partial charge in [-0.1, -0.05) is 0 Å². The van der Waals surface area contributed by atoms with Gasteiger partial charge in [0.05, 0.1) is 30.1 Å². The second-order valence-electron chi connectivity index (χ2n) is 3.52. The number of nitro groups is 1. The number of methoxy groups -OCH3 is 1. The third-order valence-electron chi connectivity index (χ3n) is 2.32. The van der Waals surface area contributed by atoms with Crippen molar-refractivity contribution in [2.24, 2.45) is 0 Å². The molecule has 0 aliphatic carbocycles. The minimum atomic E-state index is -0.468. The second kappa shape index (κ2) is 7.19. The zero-order valence-corrected chi connectivity index (χ0v) is 10.1. The highest BCUT2D eigenvalue weighted by molar-refractivity contribution is 5.46. The van der Waals surface area contributed by atoms with Crippen molar-refractivity contribution in [1.29, 1.82) is 5.26 Å². The summed E-state index contributed by atoms with van der Waals surface area (Å²) in [7, 11) is 1.57. The van der Waals surface area contributed by atoms with Crippen LogP contribution >= 0.6 is 0 Å². The lowest BCUT2D eigenvalue weighted by molar-refractivity contribution is -0.384. The van der Waals surface area contributed by atoms with E-state index in [0.717, 1.165) is 0 Å². The van der Waals surface area contributed by atoms with Crippen molar-refractivity contribution in [2.75, 3.05) is 31.7 Å². The number of anilines is 1. The van der Waals surface area contributed by atoms with E-state index in [0.29, 0.717) is 31.9 Å². The molecule has 0 unspecified atom stereocenters. The molecule has 1 heterocycles. The summed E-state index contributed by atoms with van der Waals surface area (Å²) in [5.74, 6) is 0.483. The number of hydrogen-bond acceptors (Lipinski definition) is 6.